The van der Waals surface area contributed by atoms with E-state index in [1.807, 2.05) is 13.8 Å². The van der Waals surface area contributed by atoms with Crippen LogP contribution in [-0.4, -0.2) is 32.7 Å². The lowest BCUT2D eigenvalue weighted by Crippen LogP contribution is -2.46. The van der Waals surface area contributed by atoms with E-state index in [1.54, 1.807) is 7.11 Å². The normalized spacial score (nSPS) is 15.4. The van der Waals surface area contributed by atoms with Crippen molar-refractivity contribution < 1.29 is 9.53 Å². The molecule has 0 aliphatic heterocycles. The summed E-state index contributed by atoms with van der Waals surface area (Å²) in [5.74, 6) is 0.0491. The minimum absolute atomic E-state index is 0.0491. The minimum Gasteiger partial charge on any atom is -0.385 e. The van der Waals surface area contributed by atoms with Crippen molar-refractivity contribution >= 4 is 5.91 Å². The van der Waals surface area contributed by atoms with Gasteiger partial charge in [-0.05, 0) is 25.2 Å². The molecule has 0 aromatic heterocycles. The molecule has 0 aliphatic carbocycles. The molecule has 1 amide bonds. The highest BCUT2D eigenvalue weighted by Crippen LogP contribution is 2.22. The second kappa shape index (κ2) is 6.97. The van der Waals surface area contributed by atoms with Crippen molar-refractivity contribution in [3.05, 3.63) is 0 Å². The van der Waals surface area contributed by atoms with Crippen LogP contribution < -0.4 is 11.1 Å². The molecule has 0 rings (SSSR count). The quantitative estimate of drug-likeness (QED) is 0.681. The van der Waals surface area contributed by atoms with Crippen LogP contribution in [0, 0.1) is 10.8 Å². The SMILES string of the molecule is CCC(C)(CN)C(=O)NCC(C)(C)CCOC. The molecule has 0 saturated carbocycles. The third kappa shape index (κ3) is 5.50. The first kappa shape index (κ1) is 16.4. The number of nitrogens with two attached hydrogens (primary N) is 1. The van der Waals surface area contributed by atoms with Crippen molar-refractivity contribution in [1.29, 1.82) is 0 Å². The van der Waals surface area contributed by atoms with Crippen LogP contribution in [0.15, 0.2) is 0 Å². The zero-order valence-electron chi connectivity index (χ0n) is 11.9. The average molecular weight is 244 g/mol. The molecule has 0 saturated heterocycles. The second-order valence-corrected chi connectivity index (χ2v) is 5.71. The Bertz CT molecular complexity index is 236. The predicted molar refractivity (Wildman–Crippen MR) is 70.7 cm³/mol. The van der Waals surface area contributed by atoms with E-state index in [2.05, 4.69) is 19.2 Å². The van der Waals surface area contributed by atoms with Gasteiger partial charge in [0, 0.05) is 26.8 Å². The number of ether oxygens (including phenoxy) is 1. The van der Waals surface area contributed by atoms with Gasteiger partial charge in [0.1, 0.15) is 0 Å². The molecule has 4 nitrogen and oxygen atoms in total. The fourth-order valence-electron chi connectivity index (χ4n) is 1.40. The van der Waals surface area contributed by atoms with Crippen LogP contribution in [0.25, 0.3) is 0 Å². The Morgan fingerprint density at radius 1 is 1.35 bits per heavy atom. The topological polar surface area (TPSA) is 64.4 Å². The van der Waals surface area contributed by atoms with Crippen molar-refractivity contribution in [2.75, 3.05) is 26.8 Å². The molecule has 3 N–H and O–H groups in total. The Hall–Kier alpha value is -0.610. The molecule has 102 valence electrons. The largest absolute Gasteiger partial charge is 0.385 e. The van der Waals surface area contributed by atoms with E-state index in [-0.39, 0.29) is 11.3 Å². The number of nitrogens with one attached hydrogen (secondary N) is 1. The molecular weight excluding hydrogens is 216 g/mol. The Morgan fingerprint density at radius 3 is 2.35 bits per heavy atom. The average Bonchev–Trinajstić information content (AvgIpc) is 2.32. The molecule has 0 fully saturated rings. The van der Waals surface area contributed by atoms with E-state index in [0.717, 1.165) is 12.8 Å². The van der Waals surface area contributed by atoms with E-state index < -0.39 is 5.41 Å². The van der Waals surface area contributed by atoms with Gasteiger partial charge < -0.3 is 15.8 Å². The number of hydrogen-bond donors (Lipinski definition) is 2. The molecule has 0 aliphatic rings. The van der Waals surface area contributed by atoms with Gasteiger partial charge in [0.25, 0.3) is 0 Å². The number of carbonyl (C=O) groups is 1. The first-order chi connectivity index (χ1) is 7.81. The number of methoxy groups -OCH3 is 1. The summed E-state index contributed by atoms with van der Waals surface area (Å²) < 4.78 is 5.06. The molecule has 0 aromatic rings. The smallest absolute Gasteiger partial charge is 0.227 e. The Balaban J connectivity index is 4.23. The highest BCUT2D eigenvalue weighted by molar-refractivity contribution is 5.82. The summed E-state index contributed by atoms with van der Waals surface area (Å²) in [5.41, 5.74) is 5.26. The summed E-state index contributed by atoms with van der Waals surface area (Å²) in [5, 5.41) is 3.00. The van der Waals surface area contributed by atoms with Crippen LogP contribution in [0.5, 0.6) is 0 Å². The Morgan fingerprint density at radius 2 is 1.94 bits per heavy atom. The van der Waals surface area contributed by atoms with Crippen LogP contribution >= 0.6 is 0 Å². The highest BCUT2D eigenvalue weighted by atomic mass is 16.5. The van der Waals surface area contributed by atoms with Gasteiger partial charge in [-0.2, -0.15) is 0 Å². The lowest BCUT2D eigenvalue weighted by atomic mass is 9.85. The molecular formula is C13H28N2O2. The van der Waals surface area contributed by atoms with Crippen LogP contribution in [0.2, 0.25) is 0 Å². The number of carbonyl (C=O) groups excluding carboxylic acids is 1. The zero-order chi connectivity index (χ0) is 13.5. The Labute approximate surface area is 105 Å². The highest BCUT2D eigenvalue weighted by Gasteiger charge is 2.30. The molecule has 4 heteroatoms. The van der Waals surface area contributed by atoms with Gasteiger partial charge in [-0.15, -0.1) is 0 Å². The van der Waals surface area contributed by atoms with Crippen LogP contribution in [0.4, 0.5) is 0 Å². The molecule has 0 radical (unpaired) electrons. The van der Waals surface area contributed by atoms with Crippen molar-refractivity contribution in [3.63, 3.8) is 0 Å². The molecule has 1 unspecified atom stereocenters. The summed E-state index contributed by atoms with van der Waals surface area (Å²) in [6.07, 6.45) is 1.68. The molecule has 0 bridgehead atoms. The minimum atomic E-state index is -0.447. The van der Waals surface area contributed by atoms with Gasteiger partial charge in [-0.1, -0.05) is 20.8 Å². The molecule has 17 heavy (non-hydrogen) atoms. The van der Waals surface area contributed by atoms with Crippen molar-refractivity contribution in [2.45, 2.75) is 40.5 Å². The first-order valence-corrected chi connectivity index (χ1v) is 6.28. The van der Waals surface area contributed by atoms with Gasteiger partial charge >= 0.3 is 0 Å². The van der Waals surface area contributed by atoms with E-state index in [4.69, 9.17) is 10.5 Å². The Kier molecular flexibility index (Phi) is 6.72. The van der Waals surface area contributed by atoms with E-state index in [0.29, 0.717) is 19.7 Å². The standard InChI is InChI=1S/C13H28N2O2/c1-6-13(4,9-14)11(16)15-10-12(2,3)7-8-17-5/h6-10,14H2,1-5H3,(H,15,16). The number of amides is 1. The lowest BCUT2D eigenvalue weighted by molar-refractivity contribution is -0.130. The van der Waals surface area contributed by atoms with Gasteiger partial charge in [0.05, 0.1) is 5.41 Å². The maximum atomic E-state index is 12.0. The van der Waals surface area contributed by atoms with Crippen LogP contribution in [0.3, 0.4) is 0 Å². The summed E-state index contributed by atoms with van der Waals surface area (Å²) in [4.78, 5) is 12.0. The number of rotatable bonds is 8. The third-order valence-corrected chi connectivity index (χ3v) is 3.49. The van der Waals surface area contributed by atoms with Crippen LogP contribution in [0.1, 0.15) is 40.5 Å². The maximum Gasteiger partial charge on any atom is 0.227 e. The molecule has 0 aromatic carbocycles. The molecule has 1 atom stereocenters. The van der Waals surface area contributed by atoms with Gasteiger partial charge in [0.2, 0.25) is 5.91 Å². The zero-order valence-corrected chi connectivity index (χ0v) is 11.9. The van der Waals surface area contributed by atoms with Crippen LogP contribution in [-0.2, 0) is 9.53 Å². The van der Waals surface area contributed by atoms with Crippen molar-refractivity contribution in [3.8, 4) is 0 Å². The van der Waals surface area contributed by atoms with E-state index >= 15 is 0 Å². The monoisotopic (exact) mass is 244 g/mol. The fourth-order valence-corrected chi connectivity index (χ4v) is 1.40. The summed E-state index contributed by atoms with van der Waals surface area (Å²) in [6.45, 7) is 9.90. The van der Waals surface area contributed by atoms with Gasteiger partial charge in [0.15, 0.2) is 0 Å². The second-order valence-electron chi connectivity index (χ2n) is 5.71. The maximum absolute atomic E-state index is 12.0. The number of hydrogen-bond acceptors (Lipinski definition) is 3. The van der Waals surface area contributed by atoms with Crippen molar-refractivity contribution in [2.24, 2.45) is 16.6 Å². The predicted octanol–water partition coefficient (Wildman–Crippen LogP) is 1.54. The summed E-state index contributed by atoms with van der Waals surface area (Å²) in [7, 11) is 1.69. The lowest BCUT2D eigenvalue weighted by Gasteiger charge is -2.29. The van der Waals surface area contributed by atoms with E-state index in [1.165, 1.54) is 0 Å². The van der Waals surface area contributed by atoms with E-state index in [9.17, 15) is 4.79 Å². The third-order valence-electron chi connectivity index (χ3n) is 3.49. The fraction of sp³-hybridized carbons (Fsp3) is 0.923. The van der Waals surface area contributed by atoms with Gasteiger partial charge in [-0.3, -0.25) is 4.79 Å². The molecule has 0 spiro atoms. The molecule has 0 heterocycles. The summed E-state index contributed by atoms with van der Waals surface area (Å²) >= 11 is 0. The van der Waals surface area contributed by atoms with Crippen molar-refractivity contribution in [1.82, 2.24) is 5.32 Å². The summed E-state index contributed by atoms with van der Waals surface area (Å²) in [6, 6.07) is 0. The first-order valence-electron chi connectivity index (χ1n) is 6.28. The van der Waals surface area contributed by atoms with Gasteiger partial charge in [-0.25, -0.2) is 0 Å².